The van der Waals surface area contributed by atoms with E-state index < -0.39 is 29.3 Å². The van der Waals surface area contributed by atoms with E-state index in [1.54, 1.807) is 13.1 Å². The zero-order valence-corrected chi connectivity index (χ0v) is 19.2. The first kappa shape index (κ1) is 26.2. The first-order chi connectivity index (χ1) is 16.2. The van der Waals surface area contributed by atoms with Crippen LogP contribution >= 0.6 is 0 Å². The summed E-state index contributed by atoms with van der Waals surface area (Å²) < 4.78 is 0. The Bertz CT molecular complexity index is 1040. The normalized spacial score (nSPS) is 11.4. The Morgan fingerprint density at radius 2 is 1.88 bits per heavy atom. The highest BCUT2D eigenvalue weighted by molar-refractivity contribution is 5.85. The molecule has 1 heterocycles. The van der Waals surface area contributed by atoms with Crippen LogP contribution in [0.5, 0.6) is 0 Å². The molecule has 1 unspecified atom stereocenters. The van der Waals surface area contributed by atoms with Gasteiger partial charge in [0.05, 0.1) is 23.9 Å². The summed E-state index contributed by atoms with van der Waals surface area (Å²) in [6.45, 7) is 3.87. The van der Waals surface area contributed by atoms with E-state index in [4.69, 9.17) is 0 Å². The van der Waals surface area contributed by atoms with Gasteiger partial charge in [-0.1, -0.05) is 12.1 Å². The molecular weight excluding hydrogens is 442 g/mol. The number of nitrogens with one attached hydrogen (secondary N) is 3. The number of pyridine rings is 1. The highest BCUT2D eigenvalue weighted by atomic mass is 16.6. The van der Waals surface area contributed by atoms with Crippen molar-refractivity contribution in [2.45, 2.75) is 45.6 Å². The van der Waals surface area contributed by atoms with Crippen LogP contribution in [0.4, 0.5) is 11.5 Å². The van der Waals surface area contributed by atoms with Gasteiger partial charge in [-0.15, -0.1) is 0 Å². The van der Waals surface area contributed by atoms with Crippen LogP contribution in [0.3, 0.4) is 0 Å². The predicted molar refractivity (Wildman–Crippen MR) is 125 cm³/mol. The van der Waals surface area contributed by atoms with Crippen LogP contribution in [0.2, 0.25) is 0 Å². The minimum Gasteiger partial charge on any atom is -0.481 e. The Morgan fingerprint density at radius 1 is 1.12 bits per heavy atom. The molecule has 0 bridgehead atoms. The number of anilines is 1. The van der Waals surface area contributed by atoms with Gasteiger partial charge < -0.3 is 21.1 Å². The number of carbonyl (C=O) groups is 3. The van der Waals surface area contributed by atoms with Gasteiger partial charge in [-0.25, -0.2) is 4.98 Å². The van der Waals surface area contributed by atoms with Crippen LogP contribution in [-0.4, -0.2) is 45.9 Å². The number of aliphatic carboxylic acids is 1. The number of unbranched alkanes of at least 4 members (excludes halogenated alkanes) is 1. The summed E-state index contributed by atoms with van der Waals surface area (Å²) in [6, 6.07) is 7.15. The second kappa shape index (κ2) is 12.9. The van der Waals surface area contributed by atoms with Gasteiger partial charge >= 0.3 is 5.97 Å². The van der Waals surface area contributed by atoms with E-state index in [1.165, 1.54) is 18.2 Å². The Kier molecular flexibility index (Phi) is 9.93. The third-order valence-electron chi connectivity index (χ3n) is 5.04. The van der Waals surface area contributed by atoms with Crippen LogP contribution in [0, 0.1) is 24.0 Å². The Morgan fingerprint density at radius 3 is 2.56 bits per heavy atom. The van der Waals surface area contributed by atoms with Crippen molar-refractivity contribution in [1.29, 1.82) is 0 Å². The molecule has 1 aromatic carbocycles. The zero-order chi connectivity index (χ0) is 25.1. The number of aryl methyl sites for hydroxylation is 2. The number of carbonyl (C=O) groups excluding carboxylic acids is 2. The SMILES string of the molecule is Cc1ccnc(NCCCCC(=O)NCC(=O)NC(CC(=O)O)c2ccc(C)c([N+](=O)[O-])c2)c1. The number of aromatic nitrogens is 1. The van der Waals surface area contributed by atoms with Crippen molar-refractivity contribution in [3.63, 3.8) is 0 Å². The molecule has 11 nitrogen and oxygen atoms in total. The van der Waals surface area contributed by atoms with Gasteiger partial charge in [0.2, 0.25) is 11.8 Å². The molecule has 0 aliphatic heterocycles. The van der Waals surface area contributed by atoms with E-state index in [0.717, 1.165) is 17.8 Å². The molecule has 0 saturated heterocycles. The summed E-state index contributed by atoms with van der Waals surface area (Å²) >= 11 is 0. The van der Waals surface area contributed by atoms with Gasteiger partial charge in [0.15, 0.2) is 0 Å². The second-order valence-electron chi connectivity index (χ2n) is 7.90. The Labute approximate surface area is 197 Å². The third kappa shape index (κ3) is 8.85. The van der Waals surface area contributed by atoms with Gasteiger partial charge in [-0.05, 0) is 49.9 Å². The standard InChI is InChI=1S/C23H29N5O6/c1-15-8-10-25-20(11-15)24-9-4-3-5-21(29)26-14-22(30)27-18(13-23(31)32)17-7-6-16(2)19(12-17)28(33)34/h6-8,10-12,18H,3-5,9,13-14H2,1-2H3,(H,24,25)(H,26,29)(H,27,30)(H,31,32). The largest absolute Gasteiger partial charge is 0.481 e. The van der Waals surface area contributed by atoms with E-state index in [2.05, 4.69) is 20.9 Å². The van der Waals surface area contributed by atoms with Crippen molar-refractivity contribution >= 4 is 29.3 Å². The fourth-order valence-corrected chi connectivity index (χ4v) is 3.24. The first-order valence-electron chi connectivity index (χ1n) is 10.8. The van der Waals surface area contributed by atoms with E-state index >= 15 is 0 Å². The Balaban J connectivity index is 1.78. The van der Waals surface area contributed by atoms with Crippen molar-refractivity contribution in [2.24, 2.45) is 0 Å². The number of hydrogen-bond donors (Lipinski definition) is 4. The molecule has 4 N–H and O–H groups in total. The lowest BCUT2D eigenvalue weighted by molar-refractivity contribution is -0.385. The first-order valence-corrected chi connectivity index (χ1v) is 10.8. The Hall–Kier alpha value is -4.02. The lowest BCUT2D eigenvalue weighted by Crippen LogP contribution is -2.39. The predicted octanol–water partition coefficient (Wildman–Crippen LogP) is 2.64. The molecule has 1 aromatic heterocycles. The molecule has 2 amide bonds. The van der Waals surface area contributed by atoms with Crippen molar-refractivity contribution in [3.05, 3.63) is 63.3 Å². The summed E-state index contributed by atoms with van der Waals surface area (Å²) in [5.41, 5.74) is 1.66. The number of carboxylic acid groups (broad SMARTS) is 1. The molecule has 0 fully saturated rings. The number of nitro groups is 1. The smallest absolute Gasteiger partial charge is 0.305 e. The van der Waals surface area contributed by atoms with Crippen LogP contribution in [0.25, 0.3) is 0 Å². The molecule has 0 radical (unpaired) electrons. The molecule has 1 atom stereocenters. The van der Waals surface area contributed by atoms with Crippen LogP contribution in [0.15, 0.2) is 36.5 Å². The summed E-state index contributed by atoms with van der Waals surface area (Å²) in [7, 11) is 0. The number of carboxylic acids is 1. The van der Waals surface area contributed by atoms with E-state index in [9.17, 15) is 29.6 Å². The molecule has 11 heteroatoms. The number of nitro benzene ring substituents is 1. The fraction of sp³-hybridized carbons (Fsp3) is 0.391. The molecule has 34 heavy (non-hydrogen) atoms. The minimum atomic E-state index is -1.17. The van der Waals surface area contributed by atoms with Crippen molar-refractivity contribution in [1.82, 2.24) is 15.6 Å². The highest BCUT2D eigenvalue weighted by Crippen LogP contribution is 2.25. The highest BCUT2D eigenvalue weighted by Gasteiger charge is 2.21. The zero-order valence-electron chi connectivity index (χ0n) is 19.2. The van der Waals surface area contributed by atoms with Gasteiger partial charge in [0.25, 0.3) is 5.69 Å². The second-order valence-corrected chi connectivity index (χ2v) is 7.90. The number of nitrogens with zero attached hydrogens (tertiary/aromatic N) is 2. The van der Waals surface area contributed by atoms with Crippen LogP contribution in [0.1, 0.15) is 48.4 Å². The average Bonchev–Trinajstić information content (AvgIpc) is 2.77. The fourth-order valence-electron chi connectivity index (χ4n) is 3.24. The number of rotatable bonds is 13. The van der Waals surface area contributed by atoms with Crippen molar-refractivity contribution < 1.29 is 24.4 Å². The van der Waals surface area contributed by atoms with Crippen molar-refractivity contribution in [2.75, 3.05) is 18.4 Å². The molecule has 2 aromatic rings. The number of hydrogen-bond acceptors (Lipinski definition) is 7. The summed E-state index contributed by atoms with van der Waals surface area (Å²) in [5.74, 6) is -1.29. The molecular formula is C23H29N5O6. The topological polar surface area (TPSA) is 164 Å². The van der Waals surface area contributed by atoms with Crippen molar-refractivity contribution in [3.8, 4) is 0 Å². The maximum absolute atomic E-state index is 12.3. The average molecular weight is 472 g/mol. The molecule has 0 spiro atoms. The molecule has 2 rings (SSSR count). The van der Waals surface area contributed by atoms with Gasteiger partial charge in [0.1, 0.15) is 5.82 Å². The van der Waals surface area contributed by atoms with E-state index in [-0.39, 0.29) is 24.6 Å². The van der Waals surface area contributed by atoms with Crippen LogP contribution in [-0.2, 0) is 14.4 Å². The molecule has 182 valence electrons. The molecule has 0 saturated carbocycles. The molecule has 0 aliphatic rings. The quantitative estimate of drug-likeness (QED) is 0.197. The van der Waals surface area contributed by atoms with E-state index in [1.807, 2.05) is 19.1 Å². The van der Waals surface area contributed by atoms with Crippen LogP contribution < -0.4 is 16.0 Å². The van der Waals surface area contributed by atoms with Gasteiger partial charge in [-0.3, -0.25) is 24.5 Å². The minimum absolute atomic E-state index is 0.164. The lowest BCUT2D eigenvalue weighted by Gasteiger charge is -2.18. The summed E-state index contributed by atoms with van der Waals surface area (Å²) in [6.07, 6.45) is 2.85. The van der Waals surface area contributed by atoms with E-state index in [0.29, 0.717) is 24.1 Å². The maximum Gasteiger partial charge on any atom is 0.305 e. The van der Waals surface area contributed by atoms with Gasteiger partial charge in [-0.2, -0.15) is 0 Å². The third-order valence-corrected chi connectivity index (χ3v) is 5.04. The summed E-state index contributed by atoms with van der Waals surface area (Å²) in [4.78, 5) is 50.4. The number of amides is 2. The molecule has 0 aliphatic carbocycles. The summed E-state index contributed by atoms with van der Waals surface area (Å²) in [5, 5.41) is 28.6. The lowest BCUT2D eigenvalue weighted by atomic mass is 10.0. The monoisotopic (exact) mass is 471 g/mol. The number of benzene rings is 1. The maximum atomic E-state index is 12.3. The van der Waals surface area contributed by atoms with Gasteiger partial charge in [0, 0.05) is 30.8 Å².